The Hall–Kier alpha value is -2.36. The number of para-hydroxylation sites is 1. The third kappa shape index (κ3) is 2.81. The Kier molecular flexibility index (Phi) is 4.33. The Bertz CT molecular complexity index is 811. The van der Waals surface area contributed by atoms with Crippen LogP contribution in [0.5, 0.6) is 0 Å². The van der Waals surface area contributed by atoms with E-state index in [-0.39, 0.29) is 0 Å². The van der Waals surface area contributed by atoms with Crippen LogP contribution in [0.2, 0.25) is 0 Å². The van der Waals surface area contributed by atoms with Gasteiger partial charge in [0.05, 0.1) is 16.4 Å². The Morgan fingerprint density at radius 3 is 2.61 bits per heavy atom. The van der Waals surface area contributed by atoms with Crippen LogP contribution < -0.4 is 5.36 Å². The van der Waals surface area contributed by atoms with Crippen molar-refractivity contribution in [1.29, 1.82) is 5.41 Å². The SMILES string of the molecule is CC=C(N1CCC(C)CC1)n1cc(C=O)c(=N)c2ccccc21. The molecule has 0 bridgehead atoms. The Labute approximate surface area is 136 Å². The van der Waals surface area contributed by atoms with Crippen LogP contribution in [0, 0.1) is 11.3 Å². The molecule has 0 unspecified atom stereocenters. The minimum absolute atomic E-state index is 0.301. The number of rotatable bonds is 3. The third-order valence-electron chi connectivity index (χ3n) is 4.73. The topological polar surface area (TPSA) is 49.1 Å². The predicted octanol–water partition coefficient (Wildman–Crippen LogP) is 3.48. The van der Waals surface area contributed by atoms with Crippen molar-refractivity contribution in [3.63, 3.8) is 0 Å². The number of aromatic nitrogens is 1. The number of benzene rings is 1. The highest BCUT2D eigenvalue weighted by atomic mass is 16.1. The van der Waals surface area contributed by atoms with E-state index in [1.807, 2.05) is 31.2 Å². The van der Waals surface area contributed by atoms with Crippen LogP contribution in [0.15, 0.2) is 36.5 Å². The molecular formula is C19H23N3O. The van der Waals surface area contributed by atoms with Crippen molar-refractivity contribution in [2.75, 3.05) is 13.1 Å². The van der Waals surface area contributed by atoms with Crippen LogP contribution in [0.4, 0.5) is 0 Å². The van der Waals surface area contributed by atoms with Gasteiger partial charge in [-0.1, -0.05) is 25.1 Å². The highest BCUT2D eigenvalue weighted by Crippen LogP contribution is 2.24. The fourth-order valence-electron chi connectivity index (χ4n) is 3.31. The number of carbonyl (C=O) groups excluding carboxylic acids is 1. The number of pyridine rings is 1. The molecule has 4 nitrogen and oxygen atoms in total. The van der Waals surface area contributed by atoms with Crippen LogP contribution in [0.3, 0.4) is 0 Å². The van der Waals surface area contributed by atoms with Crippen LogP contribution in [0.1, 0.15) is 37.0 Å². The summed E-state index contributed by atoms with van der Waals surface area (Å²) in [5.41, 5.74) is 1.39. The maximum absolute atomic E-state index is 11.4. The lowest BCUT2D eigenvalue weighted by Gasteiger charge is -2.35. The molecule has 0 radical (unpaired) electrons. The molecule has 1 aromatic heterocycles. The summed E-state index contributed by atoms with van der Waals surface area (Å²) in [5, 5.41) is 9.34. The van der Waals surface area contributed by atoms with E-state index >= 15 is 0 Å². The van der Waals surface area contributed by atoms with E-state index in [9.17, 15) is 4.79 Å². The third-order valence-corrected chi connectivity index (χ3v) is 4.73. The lowest BCUT2D eigenvalue weighted by atomic mass is 9.99. The molecule has 0 atom stereocenters. The molecule has 0 aliphatic carbocycles. The first-order chi connectivity index (χ1) is 11.2. The molecule has 1 aliphatic heterocycles. The molecule has 1 aliphatic rings. The number of fused-ring (bicyclic) bond motifs is 1. The zero-order valence-corrected chi connectivity index (χ0v) is 13.7. The van der Waals surface area contributed by atoms with Gasteiger partial charge in [-0.3, -0.25) is 10.2 Å². The number of hydrogen-bond acceptors (Lipinski definition) is 3. The molecule has 1 aromatic carbocycles. The van der Waals surface area contributed by atoms with Crippen molar-refractivity contribution < 1.29 is 4.79 Å². The molecule has 120 valence electrons. The number of nitrogens with zero attached hydrogens (tertiary/aromatic N) is 2. The van der Waals surface area contributed by atoms with Gasteiger partial charge in [-0.25, -0.2) is 0 Å². The largest absolute Gasteiger partial charge is 0.358 e. The molecular weight excluding hydrogens is 286 g/mol. The molecule has 0 amide bonds. The van der Waals surface area contributed by atoms with E-state index in [0.29, 0.717) is 10.9 Å². The molecule has 23 heavy (non-hydrogen) atoms. The number of carbonyl (C=O) groups is 1. The van der Waals surface area contributed by atoms with Crippen molar-refractivity contribution in [1.82, 2.24) is 9.47 Å². The second-order valence-corrected chi connectivity index (χ2v) is 6.28. The molecule has 3 rings (SSSR count). The average molecular weight is 309 g/mol. The van der Waals surface area contributed by atoms with Crippen LogP contribution in [-0.4, -0.2) is 28.8 Å². The lowest BCUT2D eigenvalue weighted by molar-refractivity contribution is 0.112. The van der Waals surface area contributed by atoms with E-state index in [4.69, 9.17) is 5.41 Å². The molecule has 0 spiro atoms. The summed E-state index contributed by atoms with van der Waals surface area (Å²) in [6.07, 6.45) is 7.04. The highest BCUT2D eigenvalue weighted by molar-refractivity contribution is 5.87. The van der Waals surface area contributed by atoms with Crippen molar-refractivity contribution in [2.24, 2.45) is 5.92 Å². The number of piperidine rings is 1. The number of nitrogens with one attached hydrogen (secondary N) is 1. The predicted molar refractivity (Wildman–Crippen MR) is 93.1 cm³/mol. The maximum atomic E-state index is 11.4. The van der Waals surface area contributed by atoms with Crippen LogP contribution in [-0.2, 0) is 0 Å². The van der Waals surface area contributed by atoms with Crippen molar-refractivity contribution in [2.45, 2.75) is 26.7 Å². The van der Waals surface area contributed by atoms with Gasteiger partial charge in [0.2, 0.25) is 0 Å². The Morgan fingerprint density at radius 1 is 1.26 bits per heavy atom. The minimum atomic E-state index is 0.301. The van der Waals surface area contributed by atoms with Crippen LogP contribution in [0.25, 0.3) is 16.7 Å². The summed E-state index contributed by atoms with van der Waals surface area (Å²) in [5.74, 6) is 1.86. The van der Waals surface area contributed by atoms with Gasteiger partial charge in [-0.05, 0) is 37.8 Å². The van der Waals surface area contributed by atoms with E-state index in [2.05, 4.69) is 22.5 Å². The fraction of sp³-hybridized carbons (Fsp3) is 0.368. The van der Waals surface area contributed by atoms with Crippen molar-refractivity contribution in [3.8, 4) is 0 Å². The van der Waals surface area contributed by atoms with Gasteiger partial charge in [-0.2, -0.15) is 0 Å². The summed E-state index contributed by atoms with van der Waals surface area (Å²) >= 11 is 0. The molecule has 1 saturated heterocycles. The first-order valence-corrected chi connectivity index (χ1v) is 8.21. The van der Waals surface area contributed by atoms with E-state index in [1.54, 1.807) is 6.20 Å². The molecule has 4 heteroatoms. The summed E-state index contributed by atoms with van der Waals surface area (Å²) in [6, 6.07) is 7.81. The van der Waals surface area contributed by atoms with E-state index in [1.165, 1.54) is 12.8 Å². The lowest BCUT2D eigenvalue weighted by Crippen LogP contribution is -2.34. The molecule has 2 heterocycles. The summed E-state index contributed by atoms with van der Waals surface area (Å²) < 4.78 is 2.06. The molecule has 1 fully saturated rings. The monoisotopic (exact) mass is 309 g/mol. The highest BCUT2D eigenvalue weighted by Gasteiger charge is 2.19. The smallest absolute Gasteiger partial charge is 0.153 e. The number of likely N-dealkylation sites (tertiary alicyclic amines) is 1. The molecule has 0 saturated carbocycles. The second-order valence-electron chi connectivity index (χ2n) is 6.28. The summed E-state index contributed by atoms with van der Waals surface area (Å²) in [6.45, 7) is 6.39. The van der Waals surface area contributed by atoms with Crippen LogP contribution >= 0.6 is 0 Å². The average Bonchev–Trinajstić information content (AvgIpc) is 2.59. The zero-order chi connectivity index (χ0) is 16.4. The van der Waals surface area contributed by atoms with Gasteiger partial charge in [0.1, 0.15) is 5.82 Å². The Morgan fingerprint density at radius 2 is 1.96 bits per heavy atom. The number of allylic oxidation sites excluding steroid dienone is 1. The van der Waals surface area contributed by atoms with Crippen molar-refractivity contribution >= 4 is 23.0 Å². The van der Waals surface area contributed by atoms with Gasteiger partial charge in [0, 0.05) is 24.7 Å². The summed E-state index contributed by atoms with van der Waals surface area (Å²) in [4.78, 5) is 13.8. The normalized spacial score (nSPS) is 16.8. The summed E-state index contributed by atoms with van der Waals surface area (Å²) in [7, 11) is 0. The number of aldehydes is 1. The van der Waals surface area contributed by atoms with Crippen molar-refractivity contribution in [3.05, 3.63) is 47.5 Å². The first kappa shape index (κ1) is 15.5. The minimum Gasteiger partial charge on any atom is -0.358 e. The van der Waals surface area contributed by atoms with E-state index in [0.717, 1.165) is 42.0 Å². The fourth-order valence-corrected chi connectivity index (χ4v) is 3.31. The quantitative estimate of drug-likeness (QED) is 0.882. The standard InChI is InChI=1S/C19H23N3O/c1-3-18(21-10-8-14(2)9-11-21)22-12-15(13-23)19(20)16-6-4-5-7-17(16)22/h3-7,12-14,20H,8-11H2,1-2H3. The maximum Gasteiger partial charge on any atom is 0.153 e. The molecule has 2 aromatic rings. The number of hydrogen-bond donors (Lipinski definition) is 1. The van der Waals surface area contributed by atoms with E-state index < -0.39 is 0 Å². The Balaban J connectivity index is 2.16. The van der Waals surface area contributed by atoms with Gasteiger partial charge in [0.15, 0.2) is 6.29 Å². The molecule has 1 N–H and O–H groups in total. The van der Waals surface area contributed by atoms with Gasteiger partial charge < -0.3 is 9.47 Å². The first-order valence-electron chi connectivity index (χ1n) is 8.21. The van der Waals surface area contributed by atoms with Gasteiger partial charge >= 0.3 is 0 Å². The zero-order valence-electron chi connectivity index (χ0n) is 13.7. The van der Waals surface area contributed by atoms with Gasteiger partial charge in [0.25, 0.3) is 0 Å². The van der Waals surface area contributed by atoms with Gasteiger partial charge in [-0.15, -0.1) is 0 Å². The second kappa shape index (κ2) is 6.41.